The van der Waals surface area contributed by atoms with Crippen molar-refractivity contribution in [2.24, 2.45) is 5.16 Å². The molecule has 0 fully saturated rings. The third-order valence-electron chi connectivity index (χ3n) is 4.83. The highest BCUT2D eigenvalue weighted by Gasteiger charge is 2.30. The van der Waals surface area contributed by atoms with Crippen LogP contribution in [0.1, 0.15) is 43.1 Å². The molecule has 1 aliphatic heterocycles. The van der Waals surface area contributed by atoms with Gasteiger partial charge in [0.15, 0.2) is 5.82 Å². The van der Waals surface area contributed by atoms with Crippen molar-refractivity contribution in [1.29, 1.82) is 0 Å². The number of benzene rings is 2. The first-order valence-corrected chi connectivity index (χ1v) is 9.65. The van der Waals surface area contributed by atoms with E-state index in [4.69, 9.17) is 9.36 Å². The van der Waals surface area contributed by atoms with Gasteiger partial charge >= 0.3 is 0 Å². The minimum atomic E-state index is -0.815. The van der Waals surface area contributed by atoms with Gasteiger partial charge in [-0.05, 0) is 30.7 Å². The predicted octanol–water partition coefficient (Wildman–Crippen LogP) is 4.44. The molecule has 7 nitrogen and oxygen atoms in total. The maximum Gasteiger partial charge on any atom is 0.268 e. The van der Waals surface area contributed by atoms with Crippen LogP contribution in [0.2, 0.25) is 0 Å². The van der Waals surface area contributed by atoms with Gasteiger partial charge in [0.1, 0.15) is 5.82 Å². The van der Waals surface area contributed by atoms with Gasteiger partial charge in [0.05, 0.1) is 17.0 Å². The van der Waals surface area contributed by atoms with Gasteiger partial charge in [0.25, 0.3) is 11.8 Å². The molecule has 1 N–H and O–H groups in total. The lowest BCUT2D eigenvalue weighted by molar-refractivity contribution is -0.125. The first kappa shape index (κ1) is 19.8. The zero-order valence-corrected chi connectivity index (χ0v) is 16.8. The number of oxime groups is 1. The molecule has 154 valence electrons. The lowest BCUT2D eigenvalue weighted by atomic mass is 10.0. The minimum absolute atomic E-state index is 0.121. The Balaban J connectivity index is 1.53. The molecule has 8 heteroatoms. The molecule has 1 amide bonds. The molecule has 1 unspecified atom stereocenters. The van der Waals surface area contributed by atoms with Crippen molar-refractivity contribution in [3.8, 4) is 11.5 Å². The van der Waals surface area contributed by atoms with E-state index < -0.39 is 6.10 Å². The van der Waals surface area contributed by atoms with Gasteiger partial charge < -0.3 is 14.7 Å². The maximum absolute atomic E-state index is 13.5. The van der Waals surface area contributed by atoms with E-state index in [1.165, 1.54) is 12.1 Å². The van der Waals surface area contributed by atoms with E-state index in [-0.39, 0.29) is 24.1 Å². The molecule has 1 atom stereocenters. The Morgan fingerprint density at radius 1 is 1.23 bits per heavy atom. The van der Waals surface area contributed by atoms with Gasteiger partial charge in [0, 0.05) is 17.9 Å². The molecule has 30 heavy (non-hydrogen) atoms. The number of hydrogen-bond acceptors (Lipinski definition) is 6. The highest BCUT2D eigenvalue weighted by molar-refractivity contribution is 6.07. The second kappa shape index (κ2) is 8.06. The van der Waals surface area contributed by atoms with E-state index in [0.717, 1.165) is 5.56 Å². The number of para-hydroxylation sites is 1. The summed E-state index contributed by atoms with van der Waals surface area (Å²) < 4.78 is 18.9. The quantitative estimate of drug-likeness (QED) is 0.674. The Kier molecular flexibility index (Phi) is 5.31. The number of rotatable bonds is 5. The number of nitrogens with zero attached hydrogens (tertiary/aromatic N) is 3. The number of nitrogens with one attached hydrogen (secondary N) is 1. The lowest BCUT2D eigenvalue weighted by Gasteiger charge is -2.14. The third-order valence-corrected chi connectivity index (χ3v) is 4.83. The number of halogens is 1. The summed E-state index contributed by atoms with van der Waals surface area (Å²) >= 11 is 0. The first-order valence-electron chi connectivity index (χ1n) is 9.65. The Morgan fingerprint density at radius 2 is 2.03 bits per heavy atom. The fourth-order valence-corrected chi connectivity index (χ4v) is 3.15. The summed E-state index contributed by atoms with van der Waals surface area (Å²) in [5.41, 5.74) is 3.16. The van der Waals surface area contributed by atoms with Crippen LogP contribution in [0.15, 0.2) is 52.1 Å². The molecule has 2 aromatic carbocycles. The van der Waals surface area contributed by atoms with Crippen LogP contribution in [0, 0.1) is 12.7 Å². The summed E-state index contributed by atoms with van der Waals surface area (Å²) in [7, 11) is 0. The van der Waals surface area contributed by atoms with E-state index in [9.17, 15) is 9.18 Å². The SMILES string of the molecule is Cc1cccc(-c2nc(C(C)C)no2)c1NC(=O)C1CC(c2cccc(F)c2)=NO1. The summed E-state index contributed by atoms with van der Waals surface area (Å²) in [5.74, 6) is 0.325. The van der Waals surface area contributed by atoms with E-state index in [0.29, 0.717) is 34.2 Å². The summed E-state index contributed by atoms with van der Waals surface area (Å²) in [4.78, 5) is 22.6. The summed E-state index contributed by atoms with van der Waals surface area (Å²) in [6, 6.07) is 11.6. The highest BCUT2D eigenvalue weighted by Crippen LogP contribution is 2.31. The maximum atomic E-state index is 13.5. The van der Waals surface area contributed by atoms with Crippen LogP contribution in [-0.4, -0.2) is 27.9 Å². The third kappa shape index (κ3) is 3.94. The summed E-state index contributed by atoms with van der Waals surface area (Å²) in [6.07, 6.45) is -0.571. The summed E-state index contributed by atoms with van der Waals surface area (Å²) in [6.45, 7) is 5.82. The first-order chi connectivity index (χ1) is 14.4. The number of aryl methyl sites for hydroxylation is 1. The molecule has 1 aromatic heterocycles. The molecule has 0 bridgehead atoms. The van der Waals surface area contributed by atoms with E-state index in [1.807, 2.05) is 39.0 Å². The molecule has 0 aliphatic carbocycles. The Labute approximate surface area is 172 Å². The van der Waals surface area contributed by atoms with Crippen LogP contribution in [-0.2, 0) is 9.63 Å². The zero-order chi connectivity index (χ0) is 21.3. The monoisotopic (exact) mass is 408 g/mol. The molecule has 0 spiro atoms. The number of aromatic nitrogens is 2. The second-order valence-electron chi connectivity index (χ2n) is 7.45. The van der Waals surface area contributed by atoms with Crippen molar-refractivity contribution >= 4 is 17.3 Å². The van der Waals surface area contributed by atoms with Crippen LogP contribution in [0.25, 0.3) is 11.5 Å². The number of anilines is 1. The van der Waals surface area contributed by atoms with Crippen LogP contribution in [0.4, 0.5) is 10.1 Å². The molecule has 1 aliphatic rings. The molecule has 0 saturated carbocycles. The molecular weight excluding hydrogens is 387 g/mol. The number of carbonyl (C=O) groups excluding carboxylic acids is 1. The van der Waals surface area contributed by atoms with Crippen molar-refractivity contribution in [3.63, 3.8) is 0 Å². The van der Waals surface area contributed by atoms with Gasteiger partial charge in [-0.2, -0.15) is 4.98 Å². The number of carbonyl (C=O) groups is 1. The largest absolute Gasteiger partial charge is 0.382 e. The Hall–Kier alpha value is -3.55. The van der Waals surface area contributed by atoms with Gasteiger partial charge in [-0.25, -0.2) is 4.39 Å². The standard InChI is InChI=1S/C22H21FN4O3/c1-12(2)20-25-22(30-27-20)16-9-4-6-13(3)19(16)24-21(28)18-11-17(26-29-18)14-7-5-8-15(23)10-14/h4-10,12,18H,11H2,1-3H3,(H,24,28). The van der Waals surface area contributed by atoms with Gasteiger partial charge in [-0.1, -0.05) is 48.4 Å². The van der Waals surface area contributed by atoms with Crippen LogP contribution in [0.5, 0.6) is 0 Å². The fraction of sp³-hybridized carbons (Fsp3) is 0.273. The normalized spacial score (nSPS) is 15.8. The highest BCUT2D eigenvalue weighted by atomic mass is 19.1. The number of hydrogen-bond donors (Lipinski definition) is 1. The van der Waals surface area contributed by atoms with Crippen molar-refractivity contribution in [2.45, 2.75) is 39.2 Å². The van der Waals surface area contributed by atoms with Gasteiger partial charge in [-0.3, -0.25) is 4.79 Å². The Morgan fingerprint density at radius 3 is 2.77 bits per heavy atom. The van der Waals surface area contributed by atoms with Crippen molar-refractivity contribution in [3.05, 3.63) is 65.2 Å². The second-order valence-corrected chi connectivity index (χ2v) is 7.45. The van der Waals surface area contributed by atoms with Gasteiger partial charge in [0.2, 0.25) is 6.10 Å². The molecule has 2 heterocycles. The van der Waals surface area contributed by atoms with E-state index in [1.54, 1.807) is 12.1 Å². The van der Waals surface area contributed by atoms with Crippen LogP contribution < -0.4 is 5.32 Å². The van der Waals surface area contributed by atoms with Crippen molar-refractivity contribution in [1.82, 2.24) is 10.1 Å². The van der Waals surface area contributed by atoms with Crippen LogP contribution >= 0.6 is 0 Å². The fourth-order valence-electron chi connectivity index (χ4n) is 3.15. The molecule has 0 radical (unpaired) electrons. The van der Waals surface area contributed by atoms with Crippen LogP contribution in [0.3, 0.4) is 0 Å². The van der Waals surface area contributed by atoms with Crippen molar-refractivity contribution in [2.75, 3.05) is 5.32 Å². The smallest absolute Gasteiger partial charge is 0.268 e. The molecule has 0 saturated heterocycles. The minimum Gasteiger partial charge on any atom is -0.382 e. The topological polar surface area (TPSA) is 89.6 Å². The van der Waals surface area contributed by atoms with E-state index >= 15 is 0 Å². The number of amides is 1. The molecule has 3 aromatic rings. The van der Waals surface area contributed by atoms with Crippen molar-refractivity contribution < 1.29 is 18.5 Å². The van der Waals surface area contributed by atoms with Gasteiger partial charge in [-0.15, -0.1) is 0 Å². The predicted molar refractivity (Wildman–Crippen MR) is 110 cm³/mol. The van der Waals surface area contributed by atoms with E-state index in [2.05, 4.69) is 20.6 Å². The zero-order valence-electron chi connectivity index (χ0n) is 16.8. The average molecular weight is 408 g/mol. The molecule has 4 rings (SSSR count). The Bertz CT molecular complexity index is 1120. The average Bonchev–Trinajstić information content (AvgIpc) is 3.40. The lowest BCUT2D eigenvalue weighted by Crippen LogP contribution is -2.28. The molecular formula is C22H21FN4O3. The summed E-state index contributed by atoms with van der Waals surface area (Å²) in [5, 5.41) is 10.9.